The zero-order valence-corrected chi connectivity index (χ0v) is 13.2. The number of rotatable bonds is 3. The highest BCUT2D eigenvalue weighted by atomic mass is 79.9. The van der Waals surface area contributed by atoms with E-state index >= 15 is 0 Å². The third-order valence-corrected chi connectivity index (χ3v) is 3.96. The first-order valence-corrected chi connectivity index (χ1v) is 7.28. The SMILES string of the molecule is CCCc1nc(-c2ccc(Cl)cc2C)nc(N)c1Br. The van der Waals surface area contributed by atoms with Crippen LogP contribution in [-0.4, -0.2) is 9.97 Å². The number of anilines is 1. The number of hydrogen-bond donors (Lipinski definition) is 1. The lowest BCUT2D eigenvalue weighted by Crippen LogP contribution is -2.03. The Morgan fingerprint density at radius 3 is 2.68 bits per heavy atom. The van der Waals surface area contributed by atoms with Gasteiger partial charge in [0.2, 0.25) is 0 Å². The summed E-state index contributed by atoms with van der Waals surface area (Å²) in [5.41, 5.74) is 8.89. The quantitative estimate of drug-likeness (QED) is 0.901. The first-order valence-electron chi connectivity index (χ1n) is 6.11. The summed E-state index contributed by atoms with van der Waals surface area (Å²) in [6, 6.07) is 5.67. The van der Waals surface area contributed by atoms with Crippen LogP contribution in [-0.2, 0) is 6.42 Å². The van der Waals surface area contributed by atoms with E-state index in [9.17, 15) is 0 Å². The number of nitrogens with two attached hydrogens (primary N) is 1. The van der Waals surface area contributed by atoms with Crippen LogP contribution in [0.1, 0.15) is 24.6 Å². The maximum Gasteiger partial charge on any atom is 0.162 e. The van der Waals surface area contributed by atoms with Crippen molar-refractivity contribution < 1.29 is 0 Å². The van der Waals surface area contributed by atoms with E-state index in [1.807, 2.05) is 25.1 Å². The van der Waals surface area contributed by atoms with Crippen LogP contribution >= 0.6 is 27.5 Å². The van der Waals surface area contributed by atoms with Crippen LogP contribution < -0.4 is 5.73 Å². The van der Waals surface area contributed by atoms with Gasteiger partial charge < -0.3 is 5.73 Å². The van der Waals surface area contributed by atoms with Gasteiger partial charge in [0.15, 0.2) is 5.82 Å². The number of hydrogen-bond acceptors (Lipinski definition) is 3. The third-order valence-electron chi connectivity index (χ3n) is 2.86. The van der Waals surface area contributed by atoms with Gasteiger partial charge in [0.25, 0.3) is 0 Å². The highest BCUT2D eigenvalue weighted by molar-refractivity contribution is 9.10. The van der Waals surface area contributed by atoms with E-state index in [1.165, 1.54) is 0 Å². The van der Waals surface area contributed by atoms with Gasteiger partial charge in [-0.25, -0.2) is 9.97 Å². The Hall–Kier alpha value is -1.13. The number of aromatic nitrogens is 2. The van der Waals surface area contributed by atoms with E-state index in [2.05, 4.69) is 32.8 Å². The molecule has 1 heterocycles. The molecule has 0 atom stereocenters. The van der Waals surface area contributed by atoms with Crippen molar-refractivity contribution in [3.8, 4) is 11.4 Å². The van der Waals surface area contributed by atoms with Crippen molar-refractivity contribution in [3.63, 3.8) is 0 Å². The van der Waals surface area contributed by atoms with E-state index in [0.29, 0.717) is 16.7 Å². The summed E-state index contributed by atoms with van der Waals surface area (Å²) in [5.74, 6) is 1.13. The predicted octanol–water partition coefficient (Wildman–Crippen LogP) is 4.40. The maximum atomic E-state index is 5.97. The highest BCUT2D eigenvalue weighted by Gasteiger charge is 2.12. The molecule has 0 spiro atoms. The molecule has 1 aromatic carbocycles. The van der Waals surface area contributed by atoms with Crippen LogP contribution in [0, 0.1) is 6.92 Å². The molecule has 19 heavy (non-hydrogen) atoms. The van der Waals surface area contributed by atoms with Gasteiger partial charge in [0.05, 0.1) is 10.2 Å². The minimum absolute atomic E-state index is 0.475. The van der Waals surface area contributed by atoms with E-state index in [-0.39, 0.29) is 0 Å². The van der Waals surface area contributed by atoms with Gasteiger partial charge in [-0.05, 0) is 53.0 Å². The Bertz CT molecular complexity index is 614. The van der Waals surface area contributed by atoms with Gasteiger partial charge in [0.1, 0.15) is 5.82 Å². The predicted molar refractivity (Wildman–Crippen MR) is 83.3 cm³/mol. The summed E-state index contributed by atoms with van der Waals surface area (Å²) in [6.45, 7) is 4.10. The Morgan fingerprint density at radius 1 is 1.32 bits per heavy atom. The van der Waals surface area contributed by atoms with Crippen LogP contribution in [0.15, 0.2) is 22.7 Å². The largest absolute Gasteiger partial charge is 0.383 e. The molecule has 1 aromatic heterocycles. The monoisotopic (exact) mass is 339 g/mol. The summed E-state index contributed by atoms with van der Waals surface area (Å²) in [6.07, 6.45) is 1.88. The standard InChI is InChI=1S/C14H15BrClN3/c1-3-4-11-12(15)13(17)19-14(18-11)10-6-5-9(16)7-8(10)2/h5-7H,3-4H2,1-2H3,(H2,17,18,19). The molecule has 0 fully saturated rings. The zero-order valence-electron chi connectivity index (χ0n) is 10.9. The normalized spacial score (nSPS) is 10.7. The molecule has 0 aliphatic carbocycles. The molecule has 5 heteroatoms. The van der Waals surface area contributed by atoms with Gasteiger partial charge in [0, 0.05) is 10.6 Å². The molecule has 0 aliphatic rings. The number of nitrogens with zero attached hydrogens (tertiary/aromatic N) is 2. The van der Waals surface area contributed by atoms with E-state index in [0.717, 1.165) is 34.1 Å². The van der Waals surface area contributed by atoms with Crippen molar-refractivity contribution in [1.29, 1.82) is 0 Å². The van der Waals surface area contributed by atoms with Gasteiger partial charge in [-0.2, -0.15) is 0 Å². The molecule has 0 aliphatic heterocycles. The van der Waals surface area contributed by atoms with Crippen molar-refractivity contribution >= 4 is 33.3 Å². The fraction of sp³-hybridized carbons (Fsp3) is 0.286. The molecule has 0 amide bonds. The number of nitrogen functional groups attached to an aromatic ring is 1. The topological polar surface area (TPSA) is 51.8 Å². The zero-order chi connectivity index (χ0) is 14.0. The second kappa shape index (κ2) is 5.88. The molecule has 100 valence electrons. The molecule has 0 saturated carbocycles. The molecular formula is C14H15BrClN3. The molecule has 3 nitrogen and oxygen atoms in total. The van der Waals surface area contributed by atoms with Gasteiger partial charge >= 0.3 is 0 Å². The fourth-order valence-corrected chi connectivity index (χ4v) is 2.52. The Kier molecular flexibility index (Phi) is 4.42. The summed E-state index contributed by atoms with van der Waals surface area (Å²) in [5, 5.41) is 0.708. The van der Waals surface area contributed by atoms with Gasteiger partial charge in [-0.3, -0.25) is 0 Å². The van der Waals surface area contributed by atoms with Crippen LogP contribution in [0.4, 0.5) is 5.82 Å². The van der Waals surface area contributed by atoms with Crippen molar-refractivity contribution in [3.05, 3.63) is 39.0 Å². The molecule has 0 radical (unpaired) electrons. The number of aryl methyl sites for hydroxylation is 2. The van der Waals surface area contributed by atoms with Crippen LogP contribution in [0.25, 0.3) is 11.4 Å². The lowest BCUT2D eigenvalue weighted by molar-refractivity contribution is 0.869. The number of benzene rings is 1. The Morgan fingerprint density at radius 2 is 2.05 bits per heavy atom. The average Bonchev–Trinajstić information content (AvgIpc) is 2.35. The first kappa shape index (κ1) is 14.3. The maximum absolute atomic E-state index is 5.97. The summed E-state index contributed by atoms with van der Waals surface area (Å²) in [4.78, 5) is 8.96. The third kappa shape index (κ3) is 3.07. The summed E-state index contributed by atoms with van der Waals surface area (Å²) in [7, 11) is 0. The second-order valence-electron chi connectivity index (χ2n) is 4.40. The first-order chi connectivity index (χ1) is 9.02. The summed E-state index contributed by atoms with van der Waals surface area (Å²) < 4.78 is 0.796. The minimum Gasteiger partial charge on any atom is -0.383 e. The molecular weight excluding hydrogens is 326 g/mol. The molecule has 0 unspecified atom stereocenters. The number of halogens is 2. The van der Waals surface area contributed by atoms with E-state index in [1.54, 1.807) is 0 Å². The van der Waals surface area contributed by atoms with Crippen molar-refractivity contribution in [2.45, 2.75) is 26.7 Å². The average molecular weight is 341 g/mol. The fourth-order valence-electron chi connectivity index (χ4n) is 1.91. The van der Waals surface area contributed by atoms with Gasteiger partial charge in [-0.1, -0.05) is 24.9 Å². The second-order valence-corrected chi connectivity index (χ2v) is 5.63. The molecule has 2 aromatic rings. The lowest BCUT2D eigenvalue weighted by atomic mass is 10.1. The highest BCUT2D eigenvalue weighted by Crippen LogP contribution is 2.28. The van der Waals surface area contributed by atoms with Crippen LogP contribution in [0.3, 0.4) is 0 Å². The van der Waals surface area contributed by atoms with Crippen molar-refractivity contribution in [1.82, 2.24) is 9.97 Å². The van der Waals surface area contributed by atoms with Crippen molar-refractivity contribution in [2.75, 3.05) is 5.73 Å². The lowest BCUT2D eigenvalue weighted by Gasteiger charge is -2.10. The van der Waals surface area contributed by atoms with Gasteiger partial charge in [-0.15, -0.1) is 0 Å². The molecule has 2 rings (SSSR count). The van der Waals surface area contributed by atoms with Crippen LogP contribution in [0.5, 0.6) is 0 Å². The molecule has 2 N–H and O–H groups in total. The molecule has 0 saturated heterocycles. The summed E-state index contributed by atoms with van der Waals surface area (Å²) >= 11 is 9.42. The Balaban J connectivity index is 2.56. The minimum atomic E-state index is 0.475. The van der Waals surface area contributed by atoms with E-state index in [4.69, 9.17) is 17.3 Å². The van der Waals surface area contributed by atoms with Crippen LogP contribution in [0.2, 0.25) is 5.02 Å². The smallest absolute Gasteiger partial charge is 0.162 e. The molecule has 0 bridgehead atoms. The van der Waals surface area contributed by atoms with E-state index < -0.39 is 0 Å². The van der Waals surface area contributed by atoms with Crippen molar-refractivity contribution in [2.24, 2.45) is 0 Å². The Labute approximate surface area is 126 Å².